The molecule has 5 N–H and O–H groups in total. The number of amides is 2. The molecule has 2 aliphatic rings. The van der Waals surface area contributed by atoms with Crippen LogP contribution in [0.1, 0.15) is 5.69 Å². The number of nitrogens with zero attached hydrogens (tertiary/aromatic N) is 5. The number of aliphatic carboxylic acids is 1. The highest BCUT2D eigenvalue weighted by Crippen LogP contribution is 2.40. The van der Waals surface area contributed by atoms with Gasteiger partial charge in [0.2, 0.25) is 6.20 Å². The first-order chi connectivity index (χ1) is 16.3. The molecule has 3 aromatic heterocycles. The number of thiazole rings is 1. The Bertz CT molecular complexity index is 1400. The largest absolute Gasteiger partial charge is 0.477 e. The van der Waals surface area contributed by atoms with Crippen molar-refractivity contribution in [3.05, 3.63) is 40.0 Å². The van der Waals surface area contributed by atoms with Crippen molar-refractivity contribution < 1.29 is 29.4 Å². The summed E-state index contributed by atoms with van der Waals surface area (Å²) in [6.07, 6.45) is 1.94. The van der Waals surface area contributed by atoms with Gasteiger partial charge in [-0.2, -0.15) is 0 Å². The Morgan fingerprint density at radius 2 is 2.21 bits per heavy atom. The van der Waals surface area contributed by atoms with Gasteiger partial charge in [-0.3, -0.25) is 14.5 Å². The van der Waals surface area contributed by atoms with Crippen LogP contribution in [0.4, 0.5) is 5.13 Å². The zero-order chi connectivity index (χ0) is 24.1. The van der Waals surface area contributed by atoms with Crippen molar-refractivity contribution in [1.82, 2.24) is 19.9 Å². The molecule has 0 aliphatic carbocycles. The molecule has 34 heavy (non-hydrogen) atoms. The normalized spacial score (nSPS) is 20.4. The number of hydrogen-bond donors (Lipinski definition) is 4. The first-order valence-corrected chi connectivity index (χ1v) is 12.7. The topological polar surface area (TPSA) is 167 Å². The summed E-state index contributed by atoms with van der Waals surface area (Å²) in [5.74, 6) is -2.19. The fraction of sp³-hybridized carbons (Fsp3) is 0.263. The van der Waals surface area contributed by atoms with Gasteiger partial charge in [-0.1, -0.05) is 5.16 Å². The minimum atomic E-state index is -1.20. The molecular formula is C19H18N7O5S3+. The molecule has 0 saturated carbocycles. The van der Waals surface area contributed by atoms with E-state index in [1.54, 1.807) is 11.3 Å². The fourth-order valence-corrected chi connectivity index (χ4v) is 6.75. The summed E-state index contributed by atoms with van der Waals surface area (Å²) >= 11 is 4.02. The fourth-order valence-electron chi connectivity index (χ4n) is 4.01. The number of aryl methyl sites for hydroxylation is 1. The molecule has 2 aliphatic heterocycles. The number of carbonyl (C=O) groups is 3. The Morgan fingerprint density at radius 1 is 1.41 bits per heavy atom. The molecule has 1 fully saturated rings. The number of anilines is 1. The van der Waals surface area contributed by atoms with Crippen LogP contribution in [0.2, 0.25) is 0 Å². The number of fused-ring (bicyclic) bond motifs is 2. The van der Waals surface area contributed by atoms with Gasteiger partial charge >= 0.3 is 5.97 Å². The van der Waals surface area contributed by atoms with E-state index in [2.05, 4.69) is 15.5 Å². The molecule has 5 rings (SSSR count). The van der Waals surface area contributed by atoms with E-state index in [1.807, 2.05) is 34.1 Å². The SMILES string of the molecule is Cn1c2sccc2c[n+]1CC1=C(C(=O)O)N2C(=O)[C@@H](NC(=O)/C(=N\O)c3csc(N)n3)[C@H]2SC1. The molecule has 0 bridgehead atoms. The van der Waals surface area contributed by atoms with Crippen LogP contribution in [-0.4, -0.2) is 65.5 Å². The smallest absolute Gasteiger partial charge is 0.352 e. The number of nitrogen functional groups attached to an aromatic ring is 1. The molecule has 2 amide bonds. The summed E-state index contributed by atoms with van der Waals surface area (Å²) in [4.78, 5) is 43.9. The molecule has 0 radical (unpaired) electrons. The third kappa shape index (κ3) is 3.52. The van der Waals surface area contributed by atoms with Gasteiger partial charge in [0.25, 0.3) is 11.8 Å². The van der Waals surface area contributed by atoms with Gasteiger partial charge in [0.1, 0.15) is 22.8 Å². The molecule has 15 heteroatoms. The molecule has 1 saturated heterocycles. The van der Waals surface area contributed by atoms with E-state index in [-0.39, 0.29) is 22.2 Å². The number of rotatable bonds is 6. The lowest BCUT2D eigenvalue weighted by atomic mass is 10.0. The molecule has 176 valence electrons. The van der Waals surface area contributed by atoms with Crippen LogP contribution in [-0.2, 0) is 28.0 Å². The summed E-state index contributed by atoms with van der Waals surface area (Å²) in [5, 5.41) is 28.8. The molecule has 2 atom stereocenters. The Morgan fingerprint density at radius 3 is 2.85 bits per heavy atom. The summed E-state index contributed by atoms with van der Waals surface area (Å²) in [5.41, 5.74) is 5.79. The quantitative estimate of drug-likeness (QED) is 0.117. The van der Waals surface area contributed by atoms with Gasteiger partial charge in [0.15, 0.2) is 22.2 Å². The molecule has 0 unspecified atom stereocenters. The van der Waals surface area contributed by atoms with Gasteiger partial charge in [-0.05, 0) is 11.4 Å². The maximum absolute atomic E-state index is 12.9. The van der Waals surface area contributed by atoms with E-state index in [0.29, 0.717) is 17.9 Å². The van der Waals surface area contributed by atoms with Crippen molar-refractivity contribution in [2.75, 3.05) is 11.5 Å². The number of oxime groups is 1. The number of carbonyl (C=O) groups excluding carboxylic acids is 2. The molecule has 0 spiro atoms. The van der Waals surface area contributed by atoms with Crippen molar-refractivity contribution in [1.29, 1.82) is 0 Å². The van der Waals surface area contributed by atoms with Crippen LogP contribution < -0.4 is 15.7 Å². The molecule has 5 heterocycles. The number of β-lactam (4-membered cyclic amide) rings is 1. The van der Waals surface area contributed by atoms with Gasteiger partial charge in [-0.15, -0.1) is 43.8 Å². The van der Waals surface area contributed by atoms with E-state index in [1.165, 1.54) is 22.0 Å². The number of aromatic nitrogens is 3. The predicted molar refractivity (Wildman–Crippen MR) is 126 cm³/mol. The average molecular weight is 521 g/mol. The summed E-state index contributed by atoms with van der Waals surface area (Å²) < 4.78 is 3.86. The molecule has 3 aromatic rings. The maximum Gasteiger partial charge on any atom is 0.352 e. The van der Waals surface area contributed by atoms with Gasteiger partial charge in [0, 0.05) is 16.7 Å². The van der Waals surface area contributed by atoms with Crippen LogP contribution in [0.5, 0.6) is 0 Å². The second-order valence-electron chi connectivity index (χ2n) is 7.57. The first-order valence-electron chi connectivity index (χ1n) is 9.87. The lowest BCUT2D eigenvalue weighted by molar-refractivity contribution is -0.764. The van der Waals surface area contributed by atoms with Crippen LogP contribution in [0.3, 0.4) is 0 Å². The number of thiophene rings is 1. The maximum atomic E-state index is 12.9. The summed E-state index contributed by atoms with van der Waals surface area (Å²) in [6.45, 7) is 0.312. The zero-order valence-electron chi connectivity index (χ0n) is 17.5. The van der Waals surface area contributed by atoms with Gasteiger partial charge in [-0.25, -0.2) is 9.78 Å². The van der Waals surface area contributed by atoms with Crippen molar-refractivity contribution in [3.63, 3.8) is 0 Å². The van der Waals surface area contributed by atoms with Crippen molar-refractivity contribution in [2.24, 2.45) is 12.2 Å². The third-order valence-corrected chi connectivity index (χ3v) is 8.62. The number of hydrogen-bond acceptors (Lipinski definition) is 10. The van der Waals surface area contributed by atoms with Gasteiger partial charge in [0.05, 0.1) is 12.4 Å². The number of carboxylic acid groups (broad SMARTS) is 1. The predicted octanol–water partition coefficient (Wildman–Crippen LogP) is 0.183. The molecule has 0 aromatic carbocycles. The Hall–Kier alpha value is -3.43. The number of thioether (sulfide) groups is 1. The average Bonchev–Trinajstić information content (AvgIpc) is 3.51. The van der Waals surface area contributed by atoms with Crippen LogP contribution in [0, 0.1) is 0 Å². The van der Waals surface area contributed by atoms with E-state index >= 15 is 0 Å². The highest BCUT2D eigenvalue weighted by Gasteiger charge is 2.55. The van der Waals surface area contributed by atoms with Crippen LogP contribution in [0.25, 0.3) is 10.2 Å². The summed E-state index contributed by atoms with van der Waals surface area (Å²) in [6, 6.07) is 1.03. The number of carboxylic acids is 1. The van der Waals surface area contributed by atoms with Gasteiger partial charge < -0.3 is 21.4 Å². The van der Waals surface area contributed by atoms with E-state index < -0.39 is 29.2 Å². The monoisotopic (exact) mass is 520 g/mol. The standard InChI is InChI=1S/C19H17N7O5S3/c1-24-16-8(2-3-32-16)4-25(24)5-9-6-33-17-12(15(28)26(17)13(9)18(29)30)22-14(27)11(23-31)10-7-34-19(20)21-10/h2-4,7,12,17H,5-6H2,1H3,(H4-,20,21,22,27,29,30,31)/p+1/t12-,17-/m1/s1. The second-order valence-corrected chi connectivity index (χ2v) is 10.5. The first kappa shape index (κ1) is 22.4. The molecule has 12 nitrogen and oxygen atoms in total. The van der Waals surface area contributed by atoms with E-state index in [4.69, 9.17) is 5.73 Å². The Labute approximate surface area is 203 Å². The molecular weight excluding hydrogens is 502 g/mol. The highest BCUT2D eigenvalue weighted by atomic mass is 32.2. The lowest BCUT2D eigenvalue weighted by Gasteiger charge is -2.49. The highest BCUT2D eigenvalue weighted by molar-refractivity contribution is 8.00. The zero-order valence-corrected chi connectivity index (χ0v) is 20.0. The van der Waals surface area contributed by atoms with E-state index in [9.17, 15) is 24.7 Å². The third-order valence-electron chi connectivity index (χ3n) is 5.61. The second kappa shape index (κ2) is 8.41. The van der Waals surface area contributed by atoms with Crippen LogP contribution >= 0.6 is 34.4 Å². The lowest BCUT2D eigenvalue weighted by Crippen LogP contribution is -2.71. The van der Waals surface area contributed by atoms with Crippen molar-refractivity contribution in [2.45, 2.75) is 18.0 Å². The number of nitrogens with two attached hydrogens (primary N) is 1. The minimum Gasteiger partial charge on any atom is -0.477 e. The summed E-state index contributed by atoms with van der Waals surface area (Å²) in [7, 11) is 1.90. The Balaban J connectivity index is 1.37. The van der Waals surface area contributed by atoms with Crippen molar-refractivity contribution >= 4 is 73.3 Å². The minimum absolute atomic E-state index is 0.0698. The van der Waals surface area contributed by atoms with Crippen LogP contribution in [0.15, 0.2) is 39.4 Å². The van der Waals surface area contributed by atoms with Crippen molar-refractivity contribution in [3.8, 4) is 0 Å². The van der Waals surface area contributed by atoms with E-state index in [0.717, 1.165) is 21.6 Å². The Kier molecular flexibility index (Phi) is 5.53. The number of nitrogens with one attached hydrogen (secondary N) is 1.